The summed E-state index contributed by atoms with van der Waals surface area (Å²) in [5, 5.41) is 5.54. The normalized spacial score (nSPS) is 10.5. The van der Waals surface area contributed by atoms with E-state index in [4.69, 9.17) is 0 Å². The van der Waals surface area contributed by atoms with Crippen molar-refractivity contribution in [3.8, 4) is 0 Å². The number of hydrogen-bond donors (Lipinski definition) is 3. The van der Waals surface area contributed by atoms with Crippen molar-refractivity contribution < 1.29 is 4.79 Å². The highest BCUT2D eigenvalue weighted by molar-refractivity contribution is 5.91. The second-order valence-corrected chi connectivity index (χ2v) is 3.94. The molecule has 0 bridgehead atoms. The Morgan fingerprint density at radius 2 is 2.29 bits per heavy atom. The Labute approximate surface area is 99.6 Å². The second kappa shape index (κ2) is 4.86. The van der Waals surface area contributed by atoms with Crippen molar-refractivity contribution in [3.63, 3.8) is 0 Å². The lowest BCUT2D eigenvalue weighted by molar-refractivity contribution is 0.252. The number of urea groups is 1. The number of aromatic amines is 1. The van der Waals surface area contributed by atoms with Crippen LogP contribution in [0, 0.1) is 6.92 Å². The summed E-state index contributed by atoms with van der Waals surface area (Å²) in [7, 11) is 0. The first-order valence-corrected chi connectivity index (χ1v) is 5.70. The Balaban J connectivity index is 2.10. The molecule has 5 heteroatoms. The molecule has 0 radical (unpaired) electrons. The van der Waals surface area contributed by atoms with E-state index in [-0.39, 0.29) is 6.03 Å². The molecular formula is C12H16N4O. The van der Waals surface area contributed by atoms with Crippen LogP contribution < -0.4 is 10.6 Å². The number of imidazole rings is 1. The molecule has 0 aliphatic carbocycles. The van der Waals surface area contributed by atoms with E-state index >= 15 is 0 Å². The van der Waals surface area contributed by atoms with Crippen LogP contribution in [0.25, 0.3) is 11.0 Å². The predicted octanol–water partition coefficient (Wildman–Crippen LogP) is 2.40. The zero-order valence-electron chi connectivity index (χ0n) is 10.0. The van der Waals surface area contributed by atoms with Crippen LogP contribution in [0.5, 0.6) is 0 Å². The third kappa shape index (κ3) is 2.75. The van der Waals surface area contributed by atoms with Gasteiger partial charge in [-0.25, -0.2) is 9.78 Å². The van der Waals surface area contributed by atoms with E-state index in [0.717, 1.165) is 29.0 Å². The molecule has 17 heavy (non-hydrogen) atoms. The second-order valence-electron chi connectivity index (χ2n) is 3.94. The predicted molar refractivity (Wildman–Crippen MR) is 68.1 cm³/mol. The van der Waals surface area contributed by atoms with Gasteiger partial charge in [-0.05, 0) is 31.5 Å². The van der Waals surface area contributed by atoms with E-state index in [1.807, 2.05) is 32.0 Å². The fourth-order valence-corrected chi connectivity index (χ4v) is 1.63. The highest BCUT2D eigenvalue weighted by atomic mass is 16.2. The lowest BCUT2D eigenvalue weighted by Crippen LogP contribution is -2.29. The number of anilines is 1. The zero-order chi connectivity index (χ0) is 12.3. The molecule has 0 aliphatic heterocycles. The lowest BCUT2D eigenvalue weighted by atomic mass is 10.3. The molecule has 0 saturated heterocycles. The van der Waals surface area contributed by atoms with Crippen LogP contribution in [-0.4, -0.2) is 22.5 Å². The molecule has 2 aromatic rings. The molecule has 90 valence electrons. The Morgan fingerprint density at radius 3 is 3.06 bits per heavy atom. The fourth-order valence-electron chi connectivity index (χ4n) is 1.63. The number of nitrogens with zero attached hydrogens (tertiary/aromatic N) is 1. The maximum Gasteiger partial charge on any atom is 0.319 e. The van der Waals surface area contributed by atoms with Crippen LogP contribution >= 0.6 is 0 Å². The van der Waals surface area contributed by atoms with Gasteiger partial charge >= 0.3 is 6.03 Å². The van der Waals surface area contributed by atoms with Gasteiger partial charge in [0.05, 0.1) is 11.0 Å². The SMILES string of the molecule is CCCNC(=O)Nc1ccc2nc(C)[nH]c2c1. The van der Waals surface area contributed by atoms with E-state index < -0.39 is 0 Å². The van der Waals surface area contributed by atoms with Crippen LogP contribution in [-0.2, 0) is 0 Å². The highest BCUT2D eigenvalue weighted by Gasteiger charge is 2.03. The van der Waals surface area contributed by atoms with Crippen molar-refractivity contribution in [2.24, 2.45) is 0 Å². The number of nitrogens with one attached hydrogen (secondary N) is 3. The molecule has 0 aliphatic rings. The molecule has 0 spiro atoms. The smallest absolute Gasteiger partial charge is 0.319 e. The summed E-state index contributed by atoms with van der Waals surface area (Å²) < 4.78 is 0. The van der Waals surface area contributed by atoms with Crippen molar-refractivity contribution in [3.05, 3.63) is 24.0 Å². The molecule has 1 aromatic carbocycles. The van der Waals surface area contributed by atoms with Crippen molar-refractivity contribution in [2.75, 3.05) is 11.9 Å². The van der Waals surface area contributed by atoms with Gasteiger partial charge < -0.3 is 15.6 Å². The number of aromatic nitrogens is 2. The summed E-state index contributed by atoms with van der Waals surface area (Å²) in [6, 6.07) is 5.42. The standard InChI is InChI=1S/C12H16N4O/c1-3-6-13-12(17)16-9-4-5-10-11(7-9)15-8(2)14-10/h4-5,7H,3,6H2,1-2H3,(H,14,15)(H2,13,16,17). The molecule has 0 fully saturated rings. The van der Waals surface area contributed by atoms with E-state index in [2.05, 4.69) is 20.6 Å². The zero-order valence-corrected chi connectivity index (χ0v) is 10.0. The van der Waals surface area contributed by atoms with Gasteiger partial charge in [-0.2, -0.15) is 0 Å². The molecule has 2 amide bonds. The van der Waals surface area contributed by atoms with E-state index in [0.29, 0.717) is 6.54 Å². The minimum Gasteiger partial charge on any atom is -0.342 e. The molecule has 1 aromatic heterocycles. The number of amides is 2. The molecular weight excluding hydrogens is 216 g/mol. The number of carbonyl (C=O) groups is 1. The molecule has 3 N–H and O–H groups in total. The van der Waals surface area contributed by atoms with Crippen molar-refractivity contribution in [2.45, 2.75) is 20.3 Å². The summed E-state index contributed by atoms with van der Waals surface area (Å²) in [5.41, 5.74) is 2.59. The minimum atomic E-state index is -0.178. The Hall–Kier alpha value is -2.04. The maximum atomic E-state index is 11.5. The minimum absolute atomic E-state index is 0.178. The lowest BCUT2D eigenvalue weighted by Gasteiger charge is -2.06. The van der Waals surface area contributed by atoms with Gasteiger partial charge in [-0.3, -0.25) is 0 Å². The number of benzene rings is 1. The number of carbonyl (C=O) groups excluding carboxylic acids is 1. The number of H-pyrrole nitrogens is 1. The van der Waals surface area contributed by atoms with E-state index in [9.17, 15) is 4.79 Å². The topological polar surface area (TPSA) is 69.8 Å². The first-order valence-electron chi connectivity index (χ1n) is 5.70. The van der Waals surface area contributed by atoms with Gasteiger partial charge in [-0.1, -0.05) is 6.92 Å². The molecule has 0 atom stereocenters. The number of fused-ring (bicyclic) bond motifs is 1. The van der Waals surface area contributed by atoms with Crippen LogP contribution in [0.15, 0.2) is 18.2 Å². The molecule has 5 nitrogen and oxygen atoms in total. The number of rotatable bonds is 3. The monoisotopic (exact) mass is 232 g/mol. The van der Waals surface area contributed by atoms with Crippen LogP contribution in [0.1, 0.15) is 19.2 Å². The van der Waals surface area contributed by atoms with Crippen LogP contribution in [0.3, 0.4) is 0 Å². The van der Waals surface area contributed by atoms with Gasteiger partial charge in [0.15, 0.2) is 0 Å². The third-order valence-corrected chi connectivity index (χ3v) is 2.39. The van der Waals surface area contributed by atoms with Gasteiger partial charge in [-0.15, -0.1) is 0 Å². The van der Waals surface area contributed by atoms with Gasteiger partial charge in [0, 0.05) is 12.2 Å². The average Bonchev–Trinajstić information content (AvgIpc) is 2.65. The Bertz CT molecular complexity index is 532. The van der Waals surface area contributed by atoms with E-state index in [1.54, 1.807) is 0 Å². The van der Waals surface area contributed by atoms with Crippen LogP contribution in [0.2, 0.25) is 0 Å². The van der Waals surface area contributed by atoms with E-state index in [1.165, 1.54) is 0 Å². The van der Waals surface area contributed by atoms with Gasteiger partial charge in [0.1, 0.15) is 5.82 Å². The number of hydrogen-bond acceptors (Lipinski definition) is 2. The first kappa shape index (κ1) is 11.4. The Morgan fingerprint density at radius 1 is 1.47 bits per heavy atom. The summed E-state index contributed by atoms with van der Waals surface area (Å²) in [6.07, 6.45) is 0.923. The summed E-state index contributed by atoms with van der Waals surface area (Å²) in [6.45, 7) is 4.60. The van der Waals surface area contributed by atoms with Gasteiger partial charge in [0.2, 0.25) is 0 Å². The fraction of sp³-hybridized carbons (Fsp3) is 0.333. The quantitative estimate of drug-likeness (QED) is 0.760. The molecule has 0 unspecified atom stereocenters. The third-order valence-electron chi connectivity index (χ3n) is 2.39. The summed E-state index contributed by atoms with van der Waals surface area (Å²) in [5.74, 6) is 0.868. The molecule has 2 rings (SSSR count). The largest absolute Gasteiger partial charge is 0.342 e. The summed E-state index contributed by atoms with van der Waals surface area (Å²) >= 11 is 0. The van der Waals surface area contributed by atoms with Gasteiger partial charge in [0.25, 0.3) is 0 Å². The van der Waals surface area contributed by atoms with Crippen molar-refractivity contribution in [1.29, 1.82) is 0 Å². The molecule has 1 heterocycles. The molecule has 0 saturated carbocycles. The Kier molecular flexibility index (Phi) is 3.27. The van der Waals surface area contributed by atoms with Crippen molar-refractivity contribution in [1.82, 2.24) is 15.3 Å². The van der Waals surface area contributed by atoms with Crippen LogP contribution in [0.4, 0.5) is 10.5 Å². The highest BCUT2D eigenvalue weighted by Crippen LogP contribution is 2.16. The number of aryl methyl sites for hydroxylation is 1. The summed E-state index contributed by atoms with van der Waals surface area (Å²) in [4.78, 5) is 18.9. The average molecular weight is 232 g/mol. The first-order chi connectivity index (χ1) is 8.19. The maximum absolute atomic E-state index is 11.5. The van der Waals surface area contributed by atoms with Crippen molar-refractivity contribution >= 4 is 22.8 Å².